The molecule has 80 valence electrons. The lowest BCUT2D eigenvalue weighted by Gasteiger charge is -2.27. The van der Waals surface area contributed by atoms with E-state index in [2.05, 4.69) is 10.6 Å². The maximum atomic E-state index is 13.8. The van der Waals surface area contributed by atoms with E-state index < -0.39 is 11.6 Å². The molecule has 4 heteroatoms. The first-order valence-corrected chi connectivity index (χ1v) is 5.39. The van der Waals surface area contributed by atoms with E-state index in [1.165, 1.54) is 19.3 Å². The fraction of sp³-hybridized carbons (Fsp3) is 0.900. The van der Waals surface area contributed by atoms with Gasteiger partial charge in [0, 0.05) is 19.5 Å². The number of carbonyl (C=O) groups excluding carboxylic acids is 1. The first-order valence-electron chi connectivity index (χ1n) is 5.39. The smallest absolute Gasteiger partial charge is 0.259 e. The molecule has 0 aromatic heterocycles. The zero-order chi connectivity index (χ0) is 10.0. The van der Waals surface area contributed by atoms with Gasteiger partial charge < -0.3 is 10.6 Å². The van der Waals surface area contributed by atoms with Crippen LogP contribution in [0.5, 0.6) is 0 Å². The molecule has 3 nitrogen and oxygen atoms in total. The van der Waals surface area contributed by atoms with Gasteiger partial charge >= 0.3 is 0 Å². The Morgan fingerprint density at radius 1 is 1.57 bits per heavy atom. The van der Waals surface area contributed by atoms with Crippen LogP contribution in [0.3, 0.4) is 0 Å². The summed E-state index contributed by atoms with van der Waals surface area (Å²) >= 11 is 0. The highest BCUT2D eigenvalue weighted by molar-refractivity contribution is 5.85. The van der Waals surface area contributed by atoms with Crippen molar-refractivity contribution < 1.29 is 9.18 Å². The Balaban J connectivity index is 1.76. The van der Waals surface area contributed by atoms with Gasteiger partial charge in [-0.15, -0.1) is 0 Å². The molecule has 2 N–H and O–H groups in total. The predicted molar refractivity (Wildman–Crippen MR) is 51.7 cm³/mol. The third-order valence-electron chi connectivity index (χ3n) is 3.29. The number of carbonyl (C=O) groups is 1. The van der Waals surface area contributed by atoms with Crippen LogP contribution in [0.15, 0.2) is 0 Å². The van der Waals surface area contributed by atoms with Crippen LogP contribution >= 0.6 is 0 Å². The van der Waals surface area contributed by atoms with Crippen LogP contribution in [-0.4, -0.2) is 31.2 Å². The standard InChI is InChI=1S/C10H17FN2O/c11-10(4-5-12-7-10)9(14)13-6-8-2-1-3-8/h8,12H,1-7H2,(H,13,14). The minimum Gasteiger partial charge on any atom is -0.353 e. The molecule has 0 aromatic carbocycles. The van der Waals surface area contributed by atoms with Gasteiger partial charge in [0.15, 0.2) is 0 Å². The largest absolute Gasteiger partial charge is 0.353 e. The number of hydrogen-bond donors (Lipinski definition) is 2. The van der Waals surface area contributed by atoms with Crippen molar-refractivity contribution in [1.82, 2.24) is 10.6 Å². The summed E-state index contributed by atoms with van der Waals surface area (Å²) in [4.78, 5) is 11.5. The highest BCUT2D eigenvalue weighted by atomic mass is 19.1. The molecule has 2 aliphatic rings. The van der Waals surface area contributed by atoms with E-state index in [0.29, 0.717) is 25.4 Å². The molecule has 1 unspecified atom stereocenters. The summed E-state index contributed by atoms with van der Waals surface area (Å²) in [5, 5.41) is 5.59. The second kappa shape index (κ2) is 3.85. The number of alkyl halides is 1. The molecular weight excluding hydrogens is 183 g/mol. The van der Waals surface area contributed by atoms with Gasteiger partial charge in [-0.3, -0.25) is 4.79 Å². The Bertz CT molecular complexity index is 222. The molecule has 0 spiro atoms. The number of amides is 1. The predicted octanol–water partition coefficient (Wildman–Crippen LogP) is 0.604. The molecule has 1 amide bonds. The van der Waals surface area contributed by atoms with E-state index >= 15 is 0 Å². The highest BCUT2D eigenvalue weighted by Gasteiger charge is 2.41. The van der Waals surface area contributed by atoms with Gasteiger partial charge in [-0.2, -0.15) is 0 Å². The number of rotatable bonds is 3. The van der Waals surface area contributed by atoms with Gasteiger partial charge in [-0.05, 0) is 25.3 Å². The number of nitrogens with one attached hydrogen (secondary N) is 2. The van der Waals surface area contributed by atoms with Gasteiger partial charge in [-0.25, -0.2) is 4.39 Å². The van der Waals surface area contributed by atoms with Crippen molar-refractivity contribution in [3.05, 3.63) is 0 Å². The third kappa shape index (κ3) is 1.90. The fourth-order valence-electron chi connectivity index (χ4n) is 1.95. The van der Waals surface area contributed by atoms with E-state index in [0.717, 1.165) is 0 Å². The fourth-order valence-corrected chi connectivity index (χ4v) is 1.95. The molecule has 2 rings (SSSR count). The maximum absolute atomic E-state index is 13.8. The summed E-state index contributed by atoms with van der Waals surface area (Å²) in [5.74, 6) is 0.173. The van der Waals surface area contributed by atoms with Crippen LogP contribution in [0.4, 0.5) is 4.39 Å². The van der Waals surface area contributed by atoms with Crippen LogP contribution in [0.2, 0.25) is 0 Å². The summed E-state index contributed by atoms with van der Waals surface area (Å²) in [7, 11) is 0. The summed E-state index contributed by atoms with van der Waals surface area (Å²) in [6.45, 7) is 1.43. The average molecular weight is 200 g/mol. The van der Waals surface area contributed by atoms with Gasteiger partial charge in [0.25, 0.3) is 5.91 Å². The molecule has 14 heavy (non-hydrogen) atoms. The lowest BCUT2D eigenvalue weighted by molar-refractivity contribution is -0.132. The molecule has 1 aliphatic heterocycles. The Morgan fingerprint density at radius 3 is 2.86 bits per heavy atom. The molecule has 1 atom stereocenters. The third-order valence-corrected chi connectivity index (χ3v) is 3.29. The molecule has 1 heterocycles. The van der Waals surface area contributed by atoms with Gasteiger partial charge in [0.2, 0.25) is 5.67 Å². The molecule has 2 fully saturated rings. The van der Waals surface area contributed by atoms with Crippen molar-refractivity contribution in [3.8, 4) is 0 Å². The van der Waals surface area contributed by atoms with E-state index in [9.17, 15) is 9.18 Å². The van der Waals surface area contributed by atoms with Crippen molar-refractivity contribution in [2.24, 2.45) is 5.92 Å². The lowest BCUT2D eigenvalue weighted by Crippen LogP contribution is -2.46. The molecule has 1 saturated carbocycles. The van der Waals surface area contributed by atoms with Crippen LogP contribution < -0.4 is 10.6 Å². The first kappa shape index (κ1) is 9.90. The summed E-state index contributed by atoms with van der Waals surface area (Å²) in [6, 6.07) is 0. The van der Waals surface area contributed by atoms with E-state index in [1.54, 1.807) is 0 Å². The number of halogens is 1. The van der Waals surface area contributed by atoms with Crippen molar-refractivity contribution in [1.29, 1.82) is 0 Å². The first-order chi connectivity index (χ1) is 6.71. The Kier molecular flexibility index (Phi) is 2.72. The van der Waals surface area contributed by atoms with Gasteiger partial charge in [-0.1, -0.05) is 6.42 Å². The molecule has 0 aromatic rings. The zero-order valence-corrected chi connectivity index (χ0v) is 8.31. The van der Waals surface area contributed by atoms with Crippen LogP contribution in [0, 0.1) is 5.92 Å². The van der Waals surface area contributed by atoms with Gasteiger partial charge in [0.05, 0.1) is 0 Å². The Morgan fingerprint density at radius 2 is 2.36 bits per heavy atom. The monoisotopic (exact) mass is 200 g/mol. The molecule has 0 bridgehead atoms. The minimum atomic E-state index is -1.65. The molecular formula is C10H17FN2O. The van der Waals surface area contributed by atoms with Crippen LogP contribution in [0.1, 0.15) is 25.7 Å². The van der Waals surface area contributed by atoms with Crippen molar-refractivity contribution in [2.75, 3.05) is 19.6 Å². The second-order valence-electron chi connectivity index (χ2n) is 4.40. The van der Waals surface area contributed by atoms with Crippen LogP contribution in [-0.2, 0) is 4.79 Å². The van der Waals surface area contributed by atoms with Crippen molar-refractivity contribution in [3.63, 3.8) is 0 Å². The minimum absolute atomic E-state index is 0.170. The van der Waals surface area contributed by atoms with E-state index in [4.69, 9.17) is 0 Å². The Labute approximate surface area is 83.4 Å². The molecule has 1 saturated heterocycles. The summed E-state index contributed by atoms with van der Waals surface area (Å²) in [6.07, 6.45) is 3.92. The quantitative estimate of drug-likeness (QED) is 0.700. The SMILES string of the molecule is O=C(NCC1CCC1)C1(F)CCNC1. The summed E-state index contributed by atoms with van der Waals surface area (Å²) < 4.78 is 13.8. The maximum Gasteiger partial charge on any atom is 0.259 e. The normalized spacial score (nSPS) is 32.6. The lowest BCUT2D eigenvalue weighted by atomic mass is 9.85. The van der Waals surface area contributed by atoms with Crippen molar-refractivity contribution in [2.45, 2.75) is 31.4 Å². The summed E-state index contributed by atoms with van der Waals surface area (Å²) in [5.41, 5.74) is -1.65. The number of hydrogen-bond acceptors (Lipinski definition) is 2. The van der Waals surface area contributed by atoms with Crippen LogP contribution in [0.25, 0.3) is 0 Å². The highest BCUT2D eigenvalue weighted by Crippen LogP contribution is 2.26. The Hall–Kier alpha value is -0.640. The topological polar surface area (TPSA) is 41.1 Å². The molecule has 1 aliphatic carbocycles. The van der Waals surface area contributed by atoms with Crippen molar-refractivity contribution >= 4 is 5.91 Å². The van der Waals surface area contributed by atoms with Gasteiger partial charge in [0.1, 0.15) is 0 Å². The van der Waals surface area contributed by atoms with E-state index in [-0.39, 0.29) is 6.54 Å². The zero-order valence-electron chi connectivity index (χ0n) is 8.31. The van der Waals surface area contributed by atoms with E-state index in [1.807, 2.05) is 0 Å². The molecule has 0 radical (unpaired) electrons. The average Bonchev–Trinajstić information content (AvgIpc) is 2.50. The second-order valence-corrected chi connectivity index (χ2v) is 4.40.